The number of unbranched alkanes of at least 4 members (excludes halogenated alkanes) is 2. The molecule has 0 fully saturated rings. The van der Waals surface area contributed by atoms with Crippen LogP contribution in [-0.4, -0.2) is 35.7 Å². The van der Waals surface area contributed by atoms with Crippen molar-refractivity contribution in [3.63, 3.8) is 0 Å². The number of hydrogen-bond donors (Lipinski definition) is 2. The molecule has 0 bridgehead atoms. The molecule has 0 unspecified atom stereocenters. The molecular formula is C13H21BFNO2. The Morgan fingerprint density at radius 3 is 2.61 bits per heavy atom. The highest BCUT2D eigenvalue weighted by atomic mass is 19.1. The van der Waals surface area contributed by atoms with Crippen molar-refractivity contribution in [2.45, 2.75) is 32.7 Å². The van der Waals surface area contributed by atoms with Gasteiger partial charge in [-0.2, -0.15) is 0 Å². The van der Waals surface area contributed by atoms with E-state index in [4.69, 9.17) is 0 Å². The molecule has 1 aromatic carbocycles. The van der Waals surface area contributed by atoms with Gasteiger partial charge < -0.3 is 14.9 Å². The van der Waals surface area contributed by atoms with Crippen LogP contribution in [0.3, 0.4) is 0 Å². The molecule has 0 spiro atoms. The predicted octanol–water partition coefficient (Wildman–Crippen LogP) is 1.13. The van der Waals surface area contributed by atoms with Crippen molar-refractivity contribution >= 4 is 12.6 Å². The Hall–Kier alpha value is -0.905. The van der Waals surface area contributed by atoms with Gasteiger partial charge in [-0.05, 0) is 43.2 Å². The second-order valence-electron chi connectivity index (χ2n) is 4.66. The van der Waals surface area contributed by atoms with Crippen LogP contribution in [0, 0.1) is 5.82 Å². The van der Waals surface area contributed by atoms with Crippen molar-refractivity contribution in [2.24, 2.45) is 0 Å². The second kappa shape index (κ2) is 7.51. The Kier molecular flexibility index (Phi) is 6.32. The fourth-order valence-electron chi connectivity index (χ4n) is 1.95. The van der Waals surface area contributed by atoms with Crippen molar-refractivity contribution in [1.29, 1.82) is 0 Å². The second-order valence-corrected chi connectivity index (χ2v) is 4.66. The minimum atomic E-state index is -1.63. The van der Waals surface area contributed by atoms with Gasteiger partial charge >= 0.3 is 7.12 Å². The SMILES string of the molecule is CCCCCN(C)Cc1ccc(F)cc1B(O)O. The van der Waals surface area contributed by atoms with Gasteiger partial charge in [-0.25, -0.2) is 4.39 Å². The molecule has 0 saturated heterocycles. The monoisotopic (exact) mass is 253 g/mol. The van der Waals surface area contributed by atoms with E-state index in [1.807, 2.05) is 7.05 Å². The Labute approximate surface area is 108 Å². The molecule has 0 aliphatic heterocycles. The van der Waals surface area contributed by atoms with Crippen molar-refractivity contribution in [3.05, 3.63) is 29.6 Å². The van der Waals surface area contributed by atoms with E-state index in [-0.39, 0.29) is 5.46 Å². The van der Waals surface area contributed by atoms with E-state index in [1.165, 1.54) is 25.0 Å². The zero-order valence-corrected chi connectivity index (χ0v) is 11.1. The molecule has 2 N–H and O–H groups in total. The van der Waals surface area contributed by atoms with Crippen molar-refractivity contribution in [3.8, 4) is 0 Å². The van der Waals surface area contributed by atoms with Crippen LogP contribution in [-0.2, 0) is 6.54 Å². The van der Waals surface area contributed by atoms with Gasteiger partial charge in [0.2, 0.25) is 0 Å². The molecule has 0 heterocycles. The van der Waals surface area contributed by atoms with E-state index in [0.29, 0.717) is 6.54 Å². The summed E-state index contributed by atoms with van der Waals surface area (Å²) in [5, 5.41) is 18.5. The third-order valence-corrected chi connectivity index (χ3v) is 2.97. The Morgan fingerprint density at radius 1 is 1.28 bits per heavy atom. The summed E-state index contributed by atoms with van der Waals surface area (Å²) in [6.07, 6.45) is 3.47. The third kappa shape index (κ3) is 4.76. The number of benzene rings is 1. The molecule has 0 atom stereocenters. The summed E-state index contributed by atoms with van der Waals surface area (Å²) in [6.45, 7) is 3.70. The van der Waals surface area contributed by atoms with Gasteiger partial charge in [0.25, 0.3) is 0 Å². The summed E-state index contributed by atoms with van der Waals surface area (Å²) < 4.78 is 13.1. The smallest absolute Gasteiger partial charge is 0.423 e. The maximum atomic E-state index is 13.1. The van der Waals surface area contributed by atoms with Gasteiger partial charge in [-0.1, -0.05) is 25.8 Å². The quantitative estimate of drug-likeness (QED) is 0.565. The molecule has 0 aliphatic carbocycles. The fraction of sp³-hybridized carbons (Fsp3) is 0.538. The molecule has 1 aromatic rings. The maximum absolute atomic E-state index is 13.1. The van der Waals surface area contributed by atoms with Crippen LogP contribution in [0.4, 0.5) is 4.39 Å². The fourth-order valence-corrected chi connectivity index (χ4v) is 1.95. The van der Waals surface area contributed by atoms with E-state index in [1.54, 1.807) is 6.07 Å². The molecule has 18 heavy (non-hydrogen) atoms. The number of nitrogens with zero attached hydrogens (tertiary/aromatic N) is 1. The molecule has 1 rings (SSSR count). The lowest BCUT2D eigenvalue weighted by molar-refractivity contribution is 0.318. The van der Waals surface area contributed by atoms with Crippen molar-refractivity contribution in [2.75, 3.05) is 13.6 Å². The summed E-state index contributed by atoms with van der Waals surface area (Å²) in [6, 6.07) is 4.14. The average molecular weight is 253 g/mol. The minimum Gasteiger partial charge on any atom is -0.423 e. The molecule has 5 heteroatoms. The van der Waals surface area contributed by atoms with Crippen LogP contribution in [0.1, 0.15) is 31.7 Å². The molecule has 0 radical (unpaired) electrons. The van der Waals surface area contributed by atoms with Crippen molar-refractivity contribution < 1.29 is 14.4 Å². The first-order valence-electron chi connectivity index (χ1n) is 6.37. The summed E-state index contributed by atoms with van der Waals surface area (Å²) >= 11 is 0. The van der Waals surface area contributed by atoms with Gasteiger partial charge in [0.15, 0.2) is 0 Å². The molecular weight excluding hydrogens is 232 g/mol. The lowest BCUT2D eigenvalue weighted by Gasteiger charge is -2.18. The van der Waals surface area contributed by atoms with Crippen LogP contribution in [0.15, 0.2) is 18.2 Å². The molecule has 0 aliphatic rings. The average Bonchev–Trinajstić information content (AvgIpc) is 2.31. The Morgan fingerprint density at radius 2 is 2.00 bits per heavy atom. The van der Waals surface area contributed by atoms with E-state index >= 15 is 0 Å². The van der Waals surface area contributed by atoms with Gasteiger partial charge in [0.1, 0.15) is 5.82 Å². The van der Waals surface area contributed by atoms with E-state index < -0.39 is 12.9 Å². The number of halogens is 1. The predicted molar refractivity (Wildman–Crippen MR) is 72.1 cm³/mol. The summed E-state index contributed by atoms with van der Waals surface area (Å²) in [7, 11) is 0.353. The first-order valence-corrected chi connectivity index (χ1v) is 6.37. The third-order valence-electron chi connectivity index (χ3n) is 2.97. The van der Waals surface area contributed by atoms with Gasteiger partial charge in [0.05, 0.1) is 0 Å². The first kappa shape index (κ1) is 15.2. The van der Waals surface area contributed by atoms with Crippen LogP contribution in [0.5, 0.6) is 0 Å². The van der Waals surface area contributed by atoms with Crippen LogP contribution >= 0.6 is 0 Å². The van der Waals surface area contributed by atoms with E-state index in [2.05, 4.69) is 11.8 Å². The highest BCUT2D eigenvalue weighted by molar-refractivity contribution is 6.59. The zero-order chi connectivity index (χ0) is 13.5. The largest absolute Gasteiger partial charge is 0.488 e. The summed E-state index contributed by atoms with van der Waals surface area (Å²) in [4.78, 5) is 2.11. The topological polar surface area (TPSA) is 43.7 Å². The number of hydrogen-bond acceptors (Lipinski definition) is 3. The highest BCUT2D eigenvalue weighted by Gasteiger charge is 2.17. The maximum Gasteiger partial charge on any atom is 0.488 e. The molecule has 0 aromatic heterocycles. The highest BCUT2D eigenvalue weighted by Crippen LogP contribution is 2.06. The summed E-state index contributed by atoms with van der Waals surface area (Å²) in [5.74, 6) is -0.449. The summed E-state index contributed by atoms with van der Waals surface area (Å²) in [5.41, 5.74) is 1.00. The van der Waals surface area contributed by atoms with Crippen LogP contribution in [0.2, 0.25) is 0 Å². The van der Waals surface area contributed by atoms with Gasteiger partial charge in [0, 0.05) is 6.54 Å². The Bertz CT molecular complexity index is 374. The van der Waals surface area contributed by atoms with E-state index in [9.17, 15) is 14.4 Å². The van der Waals surface area contributed by atoms with Crippen LogP contribution < -0.4 is 5.46 Å². The molecule has 0 amide bonds. The van der Waals surface area contributed by atoms with Crippen LogP contribution in [0.25, 0.3) is 0 Å². The molecule has 100 valence electrons. The molecule has 3 nitrogen and oxygen atoms in total. The Balaban J connectivity index is 2.65. The van der Waals surface area contributed by atoms with E-state index in [0.717, 1.165) is 18.5 Å². The lowest BCUT2D eigenvalue weighted by atomic mass is 9.77. The molecule has 0 saturated carbocycles. The zero-order valence-electron chi connectivity index (χ0n) is 11.1. The standard InChI is InChI=1S/C13H21BFNO2/c1-3-4-5-8-16(2)10-11-6-7-12(15)9-13(11)14(17)18/h6-7,9,17-18H,3-5,8,10H2,1-2H3. The lowest BCUT2D eigenvalue weighted by Crippen LogP contribution is -2.35. The first-order chi connectivity index (χ1) is 8.54. The van der Waals surface area contributed by atoms with Gasteiger partial charge in [-0.15, -0.1) is 0 Å². The van der Waals surface area contributed by atoms with Crippen molar-refractivity contribution in [1.82, 2.24) is 4.90 Å². The van der Waals surface area contributed by atoms with Gasteiger partial charge in [-0.3, -0.25) is 0 Å². The number of rotatable bonds is 7. The minimum absolute atomic E-state index is 0.248. The normalized spacial score (nSPS) is 11.0.